The molecular weight excluding hydrogens is 296 g/mol. The molecule has 0 radical (unpaired) electrons. The molecule has 1 aliphatic heterocycles. The molecule has 24 heavy (non-hydrogen) atoms. The number of benzene rings is 2. The Kier molecular flexibility index (Phi) is 6.02. The van der Waals surface area contributed by atoms with Gasteiger partial charge in [0, 0.05) is 19.2 Å². The molecule has 0 saturated carbocycles. The average Bonchev–Trinajstić information content (AvgIpc) is 2.67. The van der Waals surface area contributed by atoms with E-state index >= 15 is 0 Å². The number of rotatable bonds is 6. The maximum absolute atomic E-state index is 9.39. The van der Waals surface area contributed by atoms with Gasteiger partial charge in [-0.25, -0.2) is 0 Å². The first kappa shape index (κ1) is 17.2. The summed E-state index contributed by atoms with van der Waals surface area (Å²) in [5.74, 6) is 0.474. The molecule has 1 unspecified atom stereocenters. The Balaban J connectivity index is 1.77. The van der Waals surface area contributed by atoms with E-state index in [-0.39, 0.29) is 0 Å². The molecule has 2 aromatic rings. The lowest BCUT2D eigenvalue weighted by Gasteiger charge is -2.37. The fraction of sp³-hybridized carbons (Fsp3) is 0.429. The quantitative estimate of drug-likeness (QED) is 0.858. The predicted octanol–water partition coefficient (Wildman–Crippen LogP) is 3.13. The second-order valence-electron chi connectivity index (χ2n) is 6.81. The molecule has 1 saturated heterocycles. The summed E-state index contributed by atoms with van der Waals surface area (Å²) < 4.78 is 0. The summed E-state index contributed by atoms with van der Waals surface area (Å²) >= 11 is 0. The third-order valence-corrected chi connectivity index (χ3v) is 5.22. The standard InChI is InChI=1S/C21H28N2O/c22-15-18-8-6-17(7-9-18)14-21(20-4-2-1-3-5-20)23-12-10-19(16-24)11-13-23/h1-9,19,21,24H,10-16,22H2. The number of hydrogen-bond donors (Lipinski definition) is 2. The number of aliphatic hydroxyl groups is 1. The first-order valence-corrected chi connectivity index (χ1v) is 8.98. The molecule has 0 aromatic heterocycles. The molecule has 1 fully saturated rings. The molecule has 0 bridgehead atoms. The zero-order valence-electron chi connectivity index (χ0n) is 14.3. The van der Waals surface area contributed by atoms with Crippen molar-refractivity contribution >= 4 is 0 Å². The maximum Gasteiger partial charge on any atom is 0.0460 e. The second-order valence-corrected chi connectivity index (χ2v) is 6.81. The van der Waals surface area contributed by atoms with Gasteiger partial charge in [0.15, 0.2) is 0 Å². The van der Waals surface area contributed by atoms with Gasteiger partial charge in [0.25, 0.3) is 0 Å². The molecule has 0 aliphatic carbocycles. The molecular formula is C21H28N2O. The summed E-state index contributed by atoms with van der Waals surface area (Å²) in [7, 11) is 0. The van der Waals surface area contributed by atoms with Crippen LogP contribution in [0.25, 0.3) is 0 Å². The van der Waals surface area contributed by atoms with Gasteiger partial charge >= 0.3 is 0 Å². The number of likely N-dealkylation sites (tertiary alicyclic amines) is 1. The SMILES string of the molecule is NCc1ccc(CC(c2ccccc2)N2CCC(CO)CC2)cc1. The van der Waals surface area contributed by atoms with Crippen LogP contribution in [0.2, 0.25) is 0 Å². The van der Waals surface area contributed by atoms with E-state index in [0.29, 0.717) is 25.1 Å². The van der Waals surface area contributed by atoms with Crippen molar-refractivity contribution in [2.45, 2.75) is 31.8 Å². The van der Waals surface area contributed by atoms with Gasteiger partial charge in [0.1, 0.15) is 0 Å². The third kappa shape index (κ3) is 4.23. The number of nitrogens with two attached hydrogens (primary N) is 1. The van der Waals surface area contributed by atoms with Crippen molar-refractivity contribution in [1.29, 1.82) is 0 Å². The lowest BCUT2D eigenvalue weighted by atomic mass is 9.92. The fourth-order valence-corrected chi connectivity index (χ4v) is 3.61. The van der Waals surface area contributed by atoms with E-state index in [1.54, 1.807) is 0 Å². The van der Waals surface area contributed by atoms with Crippen molar-refractivity contribution in [2.24, 2.45) is 11.7 Å². The second kappa shape index (κ2) is 8.43. The van der Waals surface area contributed by atoms with E-state index in [1.165, 1.54) is 16.7 Å². The lowest BCUT2D eigenvalue weighted by molar-refractivity contribution is 0.0996. The zero-order valence-corrected chi connectivity index (χ0v) is 14.3. The van der Waals surface area contributed by atoms with Crippen LogP contribution in [-0.4, -0.2) is 29.7 Å². The highest BCUT2D eigenvalue weighted by atomic mass is 16.3. The van der Waals surface area contributed by atoms with E-state index in [4.69, 9.17) is 5.73 Å². The molecule has 0 amide bonds. The summed E-state index contributed by atoms with van der Waals surface area (Å²) in [6, 6.07) is 19.9. The minimum absolute atomic E-state index is 0.324. The van der Waals surface area contributed by atoms with Crippen molar-refractivity contribution in [3.8, 4) is 0 Å². The van der Waals surface area contributed by atoms with Gasteiger partial charge in [-0.05, 0) is 55.0 Å². The third-order valence-electron chi connectivity index (χ3n) is 5.22. The number of piperidine rings is 1. The Labute approximate surface area is 145 Å². The van der Waals surface area contributed by atoms with Crippen LogP contribution in [0.4, 0.5) is 0 Å². The van der Waals surface area contributed by atoms with E-state index in [1.807, 2.05) is 0 Å². The van der Waals surface area contributed by atoms with Crippen molar-refractivity contribution < 1.29 is 5.11 Å². The van der Waals surface area contributed by atoms with Crippen molar-refractivity contribution in [3.63, 3.8) is 0 Å². The van der Waals surface area contributed by atoms with Crippen LogP contribution < -0.4 is 5.73 Å². The van der Waals surface area contributed by atoms with E-state index in [2.05, 4.69) is 59.5 Å². The van der Waals surface area contributed by atoms with Crippen LogP contribution in [0.1, 0.15) is 35.6 Å². The molecule has 3 heteroatoms. The maximum atomic E-state index is 9.39. The average molecular weight is 324 g/mol. The summed E-state index contributed by atoms with van der Waals surface area (Å²) in [6.07, 6.45) is 3.19. The van der Waals surface area contributed by atoms with Crippen LogP contribution >= 0.6 is 0 Å². The smallest absolute Gasteiger partial charge is 0.0460 e. The van der Waals surface area contributed by atoms with Crippen LogP contribution in [-0.2, 0) is 13.0 Å². The highest BCUT2D eigenvalue weighted by Gasteiger charge is 2.26. The van der Waals surface area contributed by atoms with Crippen LogP contribution in [0.3, 0.4) is 0 Å². The number of aliphatic hydroxyl groups excluding tert-OH is 1. The molecule has 3 nitrogen and oxygen atoms in total. The number of hydrogen-bond acceptors (Lipinski definition) is 3. The Morgan fingerprint density at radius 1 is 0.958 bits per heavy atom. The molecule has 128 valence electrons. The van der Waals surface area contributed by atoms with Gasteiger partial charge < -0.3 is 10.8 Å². The first-order chi connectivity index (χ1) is 11.8. The molecule has 3 N–H and O–H groups in total. The predicted molar refractivity (Wildman–Crippen MR) is 98.6 cm³/mol. The Bertz CT molecular complexity index is 603. The number of nitrogens with zero attached hydrogens (tertiary/aromatic N) is 1. The molecule has 1 aliphatic rings. The van der Waals surface area contributed by atoms with Gasteiger partial charge in [-0.15, -0.1) is 0 Å². The van der Waals surface area contributed by atoms with Crippen LogP contribution in [0, 0.1) is 5.92 Å². The van der Waals surface area contributed by atoms with Crippen LogP contribution in [0.5, 0.6) is 0 Å². The molecule has 2 aromatic carbocycles. The molecule has 3 rings (SSSR count). The molecule has 0 spiro atoms. The molecule has 1 atom stereocenters. The van der Waals surface area contributed by atoms with Crippen molar-refractivity contribution in [2.75, 3.05) is 19.7 Å². The summed E-state index contributed by atoms with van der Waals surface area (Å²) in [5.41, 5.74) is 9.62. The summed E-state index contributed by atoms with van der Waals surface area (Å²) in [4.78, 5) is 2.58. The minimum atomic E-state index is 0.324. The van der Waals surface area contributed by atoms with Gasteiger partial charge in [-0.2, -0.15) is 0 Å². The highest BCUT2D eigenvalue weighted by Crippen LogP contribution is 2.29. The largest absolute Gasteiger partial charge is 0.396 e. The van der Waals surface area contributed by atoms with Gasteiger partial charge in [-0.3, -0.25) is 4.90 Å². The first-order valence-electron chi connectivity index (χ1n) is 8.98. The zero-order chi connectivity index (χ0) is 16.8. The van der Waals surface area contributed by atoms with Gasteiger partial charge in [0.2, 0.25) is 0 Å². The van der Waals surface area contributed by atoms with Crippen molar-refractivity contribution in [3.05, 3.63) is 71.3 Å². The summed E-state index contributed by atoms with van der Waals surface area (Å²) in [5, 5.41) is 9.39. The Hall–Kier alpha value is -1.68. The van der Waals surface area contributed by atoms with E-state index in [0.717, 1.165) is 32.4 Å². The fourth-order valence-electron chi connectivity index (χ4n) is 3.61. The lowest BCUT2D eigenvalue weighted by Crippen LogP contribution is -2.38. The van der Waals surface area contributed by atoms with E-state index < -0.39 is 0 Å². The van der Waals surface area contributed by atoms with Gasteiger partial charge in [0.05, 0.1) is 0 Å². The topological polar surface area (TPSA) is 49.5 Å². The monoisotopic (exact) mass is 324 g/mol. The van der Waals surface area contributed by atoms with Crippen LogP contribution in [0.15, 0.2) is 54.6 Å². The Morgan fingerprint density at radius 2 is 1.58 bits per heavy atom. The highest BCUT2D eigenvalue weighted by molar-refractivity contribution is 5.26. The van der Waals surface area contributed by atoms with E-state index in [9.17, 15) is 5.11 Å². The van der Waals surface area contributed by atoms with Gasteiger partial charge in [-0.1, -0.05) is 54.6 Å². The van der Waals surface area contributed by atoms with Crippen molar-refractivity contribution in [1.82, 2.24) is 4.90 Å². The molecule has 1 heterocycles. The minimum Gasteiger partial charge on any atom is -0.396 e. The normalized spacial score (nSPS) is 17.8. The summed E-state index contributed by atoms with van der Waals surface area (Å²) in [6.45, 7) is 3.04. The Morgan fingerprint density at radius 3 is 2.17 bits per heavy atom.